The van der Waals surface area contributed by atoms with E-state index in [1.165, 1.54) is 11.9 Å². The van der Waals surface area contributed by atoms with Crippen molar-refractivity contribution in [1.82, 2.24) is 19.6 Å². The summed E-state index contributed by atoms with van der Waals surface area (Å²) in [5.41, 5.74) is 4.77. The lowest BCUT2D eigenvalue weighted by molar-refractivity contribution is 0.0980. The monoisotopic (exact) mass is 420 g/mol. The summed E-state index contributed by atoms with van der Waals surface area (Å²) in [5.74, 6) is 0.170. The van der Waals surface area contributed by atoms with Crippen molar-refractivity contribution in [2.45, 2.75) is 19.3 Å². The van der Waals surface area contributed by atoms with Crippen molar-refractivity contribution >= 4 is 27.4 Å². The zero-order valence-corrected chi connectivity index (χ0v) is 16.1. The van der Waals surface area contributed by atoms with Gasteiger partial charge in [0.15, 0.2) is 11.4 Å². The van der Waals surface area contributed by atoms with Gasteiger partial charge in [-0.3, -0.25) is 9.78 Å². The molecular formula is C21H17BrN4O. The Morgan fingerprint density at radius 2 is 1.81 bits per heavy atom. The number of halogens is 1. The van der Waals surface area contributed by atoms with Crippen molar-refractivity contribution < 1.29 is 4.79 Å². The fourth-order valence-electron chi connectivity index (χ4n) is 3.04. The Kier molecular flexibility index (Phi) is 5.07. The maximum Gasteiger partial charge on any atom is 0.169 e. The summed E-state index contributed by atoms with van der Waals surface area (Å²) in [5, 5.41) is 4.19. The van der Waals surface area contributed by atoms with Crippen LogP contribution >= 0.6 is 15.9 Å². The lowest BCUT2D eigenvalue weighted by Crippen LogP contribution is -2.00. The molecule has 4 rings (SSSR count). The van der Waals surface area contributed by atoms with Gasteiger partial charge in [0.2, 0.25) is 0 Å². The first-order chi connectivity index (χ1) is 13.2. The molecule has 0 saturated heterocycles. The highest BCUT2D eigenvalue weighted by molar-refractivity contribution is 9.10. The van der Waals surface area contributed by atoms with E-state index in [4.69, 9.17) is 0 Å². The number of fused-ring (bicyclic) bond motifs is 1. The van der Waals surface area contributed by atoms with E-state index in [0.29, 0.717) is 6.42 Å². The first kappa shape index (κ1) is 17.5. The average molecular weight is 421 g/mol. The predicted octanol–water partition coefficient (Wildman–Crippen LogP) is 4.76. The Morgan fingerprint density at radius 1 is 1.04 bits per heavy atom. The van der Waals surface area contributed by atoms with E-state index in [1.807, 2.05) is 48.7 Å². The molecule has 0 radical (unpaired) electrons. The topological polar surface area (TPSA) is 60.2 Å². The summed E-state index contributed by atoms with van der Waals surface area (Å²) >= 11 is 3.53. The highest BCUT2D eigenvalue weighted by Gasteiger charge is 2.09. The smallest absolute Gasteiger partial charge is 0.169 e. The van der Waals surface area contributed by atoms with Crippen molar-refractivity contribution in [3.05, 3.63) is 83.0 Å². The molecule has 3 aromatic heterocycles. The normalized spacial score (nSPS) is 11.0. The average Bonchev–Trinajstić information content (AvgIpc) is 3.18. The quantitative estimate of drug-likeness (QED) is 0.421. The molecule has 0 atom stereocenters. The summed E-state index contributed by atoms with van der Waals surface area (Å²) in [6.45, 7) is 0. The number of carbonyl (C=O) groups is 1. The van der Waals surface area contributed by atoms with Crippen LogP contribution in [-0.2, 0) is 6.42 Å². The van der Waals surface area contributed by atoms with Crippen molar-refractivity contribution in [3.63, 3.8) is 0 Å². The van der Waals surface area contributed by atoms with Gasteiger partial charge in [-0.1, -0.05) is 24.3 Å². The molecule has 5 nitrogen and oxygen atoms in total. The minimum Gasteiger partial charge on any atom is -0.294 e. The van der Waals surface area contributed by atoms with E-state index < -0.39 is 0 Å². The number of hydrogen-bond acceptors (Lipinski definition) is 4. The zero-order chi connectivity index (χ0) is 18.6. The van der Waals surface area contributed by atoms with Crippen LogP contribution in [0.4, 0.5) is 0 Å². The first-order valence-electron chi connectivity index (χ1n) is 8.72. The Hall–Kier alpha value is -2.86. The number of carbonyl (C=O) groups excluding carboxylic acids is 1. The summed E-state index contributed by atoms with van der Waals surface area (Å²) in [6, 6.07) is 13.7. The van der Waals surface area contributed by atoms with Gasteiger partial charge in [0, 0.05) is 36.1 Å². The van der Waals surface area contributed by atoms with Crippen LogP contribution in [0, 0.1) is 0 Å². The van der Waals surface area contributed by atoms with Gasteiger partial charge in [0.1, 0.15) is 6.33 Å². The summed E-state index contributed by atoms with van der Waals surface area (Å²) in [6.07, 6.45) is 9.28. The lowest BCUT2D eigenvalue weighted by atomic mass is 10.0. The second kappa shape index (κ2) is 7.80. The van der Waals surface area contributed by atoms with E-state index in [1.54, 1.807) is 16.9 Å². The number of aryl methyl sites for hydroxylation is 1. The molecule has 27 heavy (non-hydrogen) atoms. The van der Waals surface area contributed by atoms with Crippen molar-refractivity contribution in [1.29, 1.82) is 0 Å². The maximum atomic E-state index is 12.4. The molecule has 0 fully saturated rings. The number of rotatable bonds is 6. The molecule has 0 bridgehead atoms. The van der Waals surface area contributed by atoms with Gasteiger partial charge in [-0.15, -0.1) is 0 Å². The fourth-order valence-corrected chi connectivity index (χ4v) is 3.57. The number of benzene rings is 1. The van der Waals surface area contributed by atoms with Crippen LogP contribution in [0.1, 0.15) is 28.8 Å². The second-order valence-electron chi connectivity index (χ2n) is 6.31. The zero-order valence-electron chi connectivity index (χ0n) is 14.5. The third-order valence-corrected chi connectivity index (χ3v) is 5.07. The van der Waals surface area contributed by atoms with E-state index >= 15 is 0 Å². The summed E-state index contributed by atoms with van der Waals surface area (Å²) < 4.78 is 2.62. The van der Waals surface area contributed by atoms with Crippen LogP contribution in [0.25, 0.3) is 16.8 Å². The molecule has 0 aliphatic carbocycles. The largest absolute Gasteiger partial charge is 0.294 e. The molecule has 0 N–H and O–H groups in total. The minimum atomic E-state index is 0.170. The Bertz CT molecular complexity index is 1070. The standard InChI is InChI=1S/C21H17BrN4O/c22-19-12-18(13-26-21(19)24-14-25-26)16-4-6-17(7-5-16)20(27)3-1-2-15-8-10-23-11-9-15/h4-14H,1-3H2. The summed E-state index contributed by atoms with van der Waals surface area (Å²) in [7, 11) is 0. The van der Waals surface area contributed by atoms with Gasteiger partial charge in [-0.2, -0.15) is 5.10 Å². The highest BCUT2D eigenvalue weighted by Crippen LogP contribution is 2.26. The van der Waals surface area contributed by atoms with Crippen LogP contribution in [0.3, 0.4) is 0 Å². The molecule has 0 unspecified atom stereocenters. The molecule has 1 aromatic carbocycles. The van der Waals surface area contributed by atoms with Crippen molar-refractivity contribution in [3.8, 4) is 11.1 Å². The van der Waals surface area contributed by atoms with Gasteiger partial charge >= 0.3 is 0 Å². The van der Waals surface area contributed by atoms with E-state index in [2.05, 4.69) is 31.0 Å². The van der Waals surface area contributed by atoms with Crippen LogP contribution in [0.15, 0.2) is 71.9 Å². The maximum absolute atomic E-state index is 12.4. The SMILES string of the molecule is O=C(CCCc1ccncc1)c1ccc(-c2cc(Br)c3ncnn3c2)cc1. The van der Waals surface area contributed by atoms with E-state index in [9.17, 15) is 4.79 Å². The molecule has 0 spiro atoms. The molecule has 6 heteroatoms. The third-order valence-electron chi connectivity index (χ3n) is 4.49. The van der Waals surface area contributed by atoms with Crippen LogP contribution < -0.4 is 0 Å². The van der Waals surface area contributed by atoms with Crippen molar-refractivity contribution in [2.24, 2.45) is 0 Å². The van der Waals surface area contributed by atoms with Crippen LogP contribution in [0.2, 0.25) is 0 Å². The number of hydrogen-bond donors (Lipinski definition) is 0. The third kappa shape index (κ3) is 3.95. The fraction of sp³-hybridized carbons (Fsp3) is 0.143. The number of ketones is 1. The number of aromatic nitrogens is 4. The summed E-state index contributed by atoms with van der Waals surface area (Å²) in [4.78, 5) is 20.6. The molecule has 4 aromatic rings. The molecule has 134 valence electrons. The Labute approximate surface area is 165 Å². The second-order valence-corrected chi connectivity index (χ2v) is 7.17. The van der Waals surface area contributed by atoms with Gasteiger partial charge in [-0.25, -0.2) is 9.50 Å². The minimum absolute atomic E-state index is 0.170. The Morgan fingerprint density at radius 3 is 2.59 bits per heavy atom. The molecule has 0 saturated carbocycles. The lowest BCUT2D eigenvalue weighted by Gasteiger charge is -2.06. The van der Waals surface area contributed by atoms with Crippen LogP contribution in [-0.4, -0.2) is 25.4 Å². The van der Waals surface area contributed by atoms with Gasteiger partial charge < -0.3 is 0 Å². The number of nitrogens with zero attached hydrogens (tertiary/aromatic N) is 4. The van der Waals surface area contributed by atoms with Crippen molar-refractivity contribution in [2.75, 3.05) is 0 Å². The molecular weight excluding hydrogens is 404 g/mol. The highest BCUT2D eigenvalue weighted by atomic mass is 79.9. The first-order valence-corrected chi connectivity index (χ1v) is 9.51. The van der Waals surface area contributed by atoms with Gasteiger partial charge in [0.05, 0.1) is 4.47 Å². The van der Waals surface area contributed by atoms with Crippen LogP contribution in [0.5, 0.6) is 0 Å². The van der Waals surface area contributed by atoms with Gasteiger partial charge in [-0.05, 0) is 58.1 Å². The van der Waals surface area contributed by atoms with Gasteiger partial charge in [0.25, 0.3) is 0 Å². The van der Waals surface area contributed by atoms with E-state index in [0.717, 1.165) is 39.7 Å². The van der Waals surface area contributed by atoms with E-state index in [-0.39, 0.29) is 5.78 Å². The molecule has 0 aliphatic heterocycles. The Balaban J connectivity index is 1.44. The number of Topliss-reactive ketones (excluding diaryl/α,β-unsaturated/α-hetero) is 1. The molecule has 3 heterocycles. The number of pyridine rings is 2. The predicted molar refractivity (Wildman–Crippen MR) is 108 cm³/mol. The molecule has 0 aliphatic rings. The molecule has 0 amide bonds.